The van der Waals surface area contributed by atoms with Crippen LogP contribution in [0.1, 0.15) is 50.5 Å². The fourth-order valence-electron chi connectivity index (χ4n) is 4.38. The van der Waals surface area contributed by atoms with E-state index in [0.29, 0.717) is 12.5 Å². The van der Waals surface area contributed by atoms with Crippen molar-refractivity contribution < 1.29 is 4.79 Å². The number of carbonyl (C=O) groups excluding carboxylic acids is 1. The second kappa shape index (κ2) is 10.1. The van der Waals surface area contributed by atoms with Crippen LogP contribution >= 0.6 is 0 Å². The molecule has 0 saturated carbocycles. The second-order valence-electron chi connectivity index (χ2n) is 8.13. The van der Waals surface area contributed by atoms with Crippen LogP contribution in [0.15, 0.2) is 30.3 Å². The summed E-state index contributed by atoms with van der Waals surface area (Å²) in [5, 5.41) is 3.30. The van der Waals surface area contributed by atoms with Crippen molar-refractivity contribution in [2.24, 2.45) is 0 Å². The zero-order valence-electron chi connectivity index (χ0n) is 16.3. The van der Waals surface area contributed by atoms with E-state index in [4.69, 9.17) is 0 Å². The van der Waals surface area contributed by atoms with Crippen LogP contribution in [0, 0.1) is 0 Å². The zero-order chi connectivity index (χ0) is 18.2. The number of unbranched alkanes of at least 4 members (excludes halogenated alkanes) is 1. The molecular weight excluding hydrogens is 322 g/mol. The maximum Gasteiger partial charge on any atom is 0.220 e. The van der Waals surface area contributed by atoms with E-state index in [0.717, 1.165) is 38.3 Å². The van der Waals surface area contributed by atoms with Crippen molar-refractivity contribution in [1.82, 2.24) is 15.1 Å². The summed E-state index contributed by atoms with van der Waals surface area (Å²) in [7, 11) is 2.22. The smallest absolute Gasteiger partial charge is 0.220 e. The number of nitrogens with zero attached hydrogens (tertiary/aromatic N) is 2. The van der Waals surface area contributed by atoms with Crippen molar-refractivity contribution in [1.29, 1.82) is 0 Å². The Hall–Kier alpha value is -1.39. The minimum atomic E-state index is 0.244. The Morgan fingerprint density at radius 2 is 1.85 bits per heavy atom. The summed E-state index contributed by atoms with van der Waals surface area (Å²) in [5.74, 6) is 0.244. The Labute approximate surface area is 158 Å². The van der Waals surface area contributed by atoms with Gasteiger partial charge < -0.3 is 10.2 Å². The third-order valence-corrected chi connectivity index (χ3v) is 5.98. The van der Waals surface area contributed by atoms with Crippen LogP contribution in [-0.2, 0) is 11.2 Å². The van der Waals surface area contributed by atoms with E-state index in [9.17, 15) is 4.79 Å². The fraction of sp³-hybridized carbons (Fsp3) is 0.682. The molecule has 144 valence electrons. The minimum Gasteiger partial charge on any atom is -0.352 e. The van der Waals surface area contributed by atoms with Gasteiger partial charge in [0.25, 0.3) is 0 Å². The summed E-state index contributed by atoms with van der Waals surface area (Å²) in [6.45, 7) is 4.67. The highest BCUT2D eigenvalue weighted by molar-refractivity contribution is 5.76. The zero-order valence-corrected chi connectivity index (χ0v) is 16.3. The Bertz CT molecular complexity index is 540. The second-order valence-corrected chi connectivity index (χ2v) is 8.13. The molecule has 1 aromatic carbocycles. The summed E-state index contributed by atoms with van der Waals surface area (Å²) in [6.07, 6.45) is 8.70. The van der Waals surface area contributed by atoms with Crippen LogP contribution in [0.5, 0.6) is 0 Å². The molecule has 0 radical (unpaired) electrons. The van der Waals surface area contributed by atoms with E-state index < -0.39 is 0 Å². The van der Waals surface area contributed by atoms with Crippen LogP contribution < -0.4 is 5.32 Å². The molecule has 0 unspecified atom stereocenters. The van der Waals surface area contributed by atoms with Crippen LogP contribution in [0.2, 0.25) is 0 Å². The summed E-state index contributed by atoms with van der Waals surface area (Å²) in [4.78, 5) is 17.4. The molecule has 0 aliphatic carbocycles. The number of piperidine rings is 2. The van der Waals surface area contributed by atoms with E-state index in [-0.39, 0.29) is 5.91 Å². The highest BCUT2D eigenvalue weighted by atomic mass is 16.1. The van der Waals surface area contributed by atoms with Crippen LogP contribution in [0.3, 0.4) is 0 Å². The number of hydrogen-bond donors (Lipinski definition) is 1. The fourth-order valence-corrected chi connectivity index (χ4v) is 4.38. The monoisotopic (exact) mass is 357 g/mol. The van der Waals surface area contributed by atoms with Crippen molar-refractivity contribution in [2.75, 3.05) is 33.2 Å². The minimum absolute atomic E-state index is 0.244. The molecule has 0 aromatic heterocycles. The van der Waals surface area contributed by atoms with Gasteiger partial charge in [0.2, 0.25) is 5.91 Å². The largest absolute Gasteiger partial charge is 0.352 e. The average Bonchev–Trinajstić information content (AvgIpc) is 2.67. The van der Waals surface area contributed by atoms with E-state index in [2.05, 4.69) is 52.5 Å². The molecule has 2 heterocycles. The van der Waals surface area contributed by atoms with Gasteiger partial charge in [-0.3, -0.25) is 9.69 Å². The molecule has 0 bridgehead atoms. The van der Waals surface area contributed by atoms with Gasteiger partial charge >= 0.3 is 0 Å². The van der Waals surface area contributed by atoms with E-state index in [1.165, 1.54) is 44.5 Å². The molecule has 4 heteroatoms. The molecule has 2 aliphatic heterocycles. The first kappa shape index (κ1) is 19.4. The third-order valence-electron chi connectivity index (χ3n) is 5.98. The lowest BCUT2D eigenvalue weighted by Crippen LogP contribution is -2.53. The summed E-state index contributed by atoms with van der Waals surface area (Å²) < 4.78 is 0. The number of likely N-dealkylation sites (tertiary alicyclic amines) is 2. The molecule has 26 heavy (non-hydrogen) atoms. The quantitative estimate of drug-likeness (QED) is 0.762. The first-order valence-electron chi connectivity index (χ1n) is 10.5. The summed E-state index contributed by atoms with van der Waals surface area (Å²) in [5.41, 5.74) is 1.37. The first-order chi connectivity index (χ1) is 12.7. The average molecular weight is 358 g/mol. The molecular formula is C22H35N3O. The Balaban J connectivity index is 1.33. The van der Waals surface area contributed by atoms with Crippen LogP contribution in [0.4, 0.5) is 0 Å². The lowest BCUT2D eigenvalue weighted by molar-refractivity contribution is -0.122. The van der Waals surface area contributed by atoms with Gasteiger partial charge in [-0.1, -0.05) is 30.3 Å². The molecule has 0 spiro atoms. The molecule has 4 nitrogen and oxygen atoms in total. The van der Waals surface area contributed by atoms with Gasteiger partial charge in [0.1, 0.15) is 0 Å². The van der Waals surface area contributed by atoms with Gasteiger partial charge in [-0.05, 0) is 77.2 Å². The van der Waals surface area contributed by atoms with Gasteiger partial charge in [-0.15, -0.1) is 0 Å². The number of benzene rings is 1. The molecule has 2 saturated heterocycles. The Kier molecular flexibility index (Phi) is 7.51. The molecule has 1 amide bonds. The highest BCUT2D eigenvalue weighted by Gasteiger charge is 2.28. The number of amides is 1. The highest BCUT2D eigenvalue weighted by Crippen LogP contribution is 2.20. The van der Waals surface area contributed by atoms with E-state index >= 15 is 0 Å². The van der Waals surface area contributed by atoms with Crippen molar-refractivity contribution in [3.63, 3.8) is 0 Å². The number of nitrogens with one attached hydrogen (secondary N) is 1. The van der Waals surface area contributed by atoms with Crippen LogP contribution in [-0.4, -0.2) is 61.0 Å². The maximum absolute atomic E-state index is 12.3. The topological polar surface area (TPSA) is 35.6 Å². The molecule has 2 aliphatic rings. The van der Waals surface area contributed by atoms with Crippen molar-refractivity contribution in [3.8, 4) is 0 Å². The molecule has 1 atom stereocenters. The molecule has 2 fully saturated rings. The number of hydrogen-bond acceptors (Lipinski definition) is 3. The van der Waals surface area contributed by atoms with Gasteiger partial charge in [0.15, 0.2) is 0 Å². The van der Waals surface area contributed by atoms with E-state index in [1.807, 2.05) is 0 Å². The van der Waals surface area contributed by atoms with Gasteiger partial charge in [-0.2, -0.15) is 0 Å². The third kappa shape index (κ3) is 6.10. The van der Waals surface area contributed by atoms with Gasteiger partial charge in [0.05, 0.1) is 0 Å². The molecule has 1 N–H and O–H groups in total. The Morgan fingerprint density at radius 1 is 1.08 bits per heavy atom. The van der Waals surface area contributed by atoms with E-state index in [1.54, 1.807) is 0 Å². The standard InChI is InChI=1S/C22H35N3O/c1-24-16-13-21(14-17-24)25-15-7-11-20(18-25)23-22(26)12-6-5-10-19-8-3-2-4-9-19/h2-4,8-9,20-21H,5-7,10-18H2,1H3,(H,23,26)/t20-/m1/s1. The predicted molar refractivity (Wildman–Crippen MR) is 107 cm³/mol. The van der Waals surface area contributed by atoms with Crippen molar-refractivity contribution in [3.05, 3.63) is 35.9 Å². The normalized spacial score (nSPS) is 23.0. The maximum atomic E-state index is 12.3. The predicted octanol–water partition coefficient (Wildman–Crippen LogP) is 3.07. The SMILES string of the molecule is CN1CCC(N2CCC[C@@H](NC(=O)CCCCc3ccccc3)C2)CC1. The summed E-state index contributed by atoms with van der Waals surface area (Å²) >= 11 is 0. The Morgan fingerprint density at radius 3 is 2.62 bits per heavy atom. The lowest BCUT2D eigenvalue weighted by Gasteiger charge is -2.41. The van der Waals surface area contributed by atoms with Crippen molar-refractivity contribution >= 4 is 5.91 Å². The van der Waals surface area contributed by atoms with Gasteiger partial charge in [-0.25, -0.2) is 0 Å². The summed E-state index contributed by atoms with van der Waals surface area (Å²) in [6, 6.07) is 11.6. The number of aryl methyl sites for hydroxylation is 1. The molecule has 1 aromatic rings. The number of carbonyl (C=O) groups is 1. The van der Waals surface area contributed by atoms with Crippen LogP contribution in [0.25, 0.3) is 0 Å². The first-order valence-corrected chi connectivity index (χ1v) is 10.5. The molecule has 3 rings (SSSR count). The lowest BCUT2D eigenvalue weighted by atomic mass is 9.98. The van der Waals surface area contributed by atoms with Gasteiger partial charge in [0, 0.05) is 25.0 Å². The number of rotatable bonds is 7. The van der Waals surface area contributed by atoms with Crippen molar-refractivity contribution in [2.45, 2.75) is 63.5 Å².